The lowest BCUT2D eigenvalue weighted by Gasteiger charge is -2.19. The smallest absolute Gasteiger partial charge is 0.125 e. The highest BCUT2D eigenvalue weighted by atomic mass is 79.9. The summed E-state index contributed by atoms with van der Waals surface area (Å²) in [7, 11) is 1.61. The van der Waals surface area contributed by atoms with Crippen LogP contribution in [0, 0.1) is 6.92 Å². The quantitative estimate of drug-likeness (QED) is 0.925. The van der Waals surface area contributed by atoms with Gasteiger partial charge in [0.1, 0.15) is 11.9 Å². The molecule has 0 fully saturated rings. The molecule has 0 saturated heterocycles. The minimum absolute atomic E-state index is 0.169. The Bertz CT molecular complexity index is 608. The molecule has 0 amide bonds. The van der Waals surface area contributed by atoms with Crippen molar-refractivity contribution in [1.29, 1.82) is 0 Å². The van der Waals surface area contributed by atoms with Crippen LogP contribution in [0.2, 0.25) is 0 Å². The van der Waals surface area contributed by atoms with Gasteiger partial charge in [0.15, 0.2) is 0 Å². The number of rotatable bonds is 4. The third-order valence-corrected chi connectivity index (χ3v) is 3.83. The van der Waals surface area contributed by atoms with E-state index in [2.05, 4.69) is 21.0 Å². The van der Waals surface area contributed by atoms with E-state index in [0.717, 1.165) is 21.3 Å². The Morgan fingerprint density at radius 2 is 2.05 bits per heavy atom. The topological polar surface area (TPSA) is 47.3 Å². The molecule has 0 bridgehead atoms. The molecule has 0 saturated carbocycles. The molecule has 0 radical (unpaired) electrons. The van der Waals surface area contributed by atoms with Crippen LogP contribution in [0.25, 0.3) is 0 Å². The lowest BCUT2D eigenvalue weighted by molar-refractivity contribution is 0.199. The molecule has 0 aliphatic carbocycles. The van der Waals surface area contributed by atoms with Crippen LogP contribution in [-0.4, -0.2) is 22.0 Å². The number of aliphatic hydroxyl groups is 1. The maximum atomic E-state index is 10.7. The van der Waals surface area contributed by atoms with E-state index in [4.69, 9.17) is 4.74 Å². The van der Waals surface area contributed by atoms with Crippen molar-refractivity contribution in [1.82, 2.24) is 9.78 Å². The Kier molecular flexibility index (Phi) is 4.50. The van der Waals surface area contributed by atoms with Crippen molar-refractivity contribution in [3.05, 3.63) is 45.7 Å². The molecule has 1 N–H and O–H groups in total. The molecule has 1 aromatic carbocycles. The third-order valence-electron chi connectivity index (χ3n) is 3.22. The van der Waals surface area contributed by atoms with Crippen LogP contribution in [0.1, 0.15) is 42.8 Å². The van der Waals surface area contributed by atoms with Gasteiger partial charge < -0.3 is 9.84 Å². The highest BCUT2D eigenvalue weighted by Crippen LogP contribution is 2.35. The number of ether oxygens (including phenoxy) is 1. The molecule has 1 atom stereocenters. The first kappa shape index (κ1) is 15.1. The van der Waals surface area contributed by atoms with E-state index in [1.165, 1.54) is 0 Å². The SMILES string of the molecule is COc1cc(C)ccc1C(O)c1c(Br)cnn1C(C)C. The van der Waals surface area contributed by atoms with Crippen LogP contribution in [0.4, 0.5) is 0 Å². The predicted octanol–water partition coefficient (Wildman–Crippen LogP) is 3.63. The van der Waals surface area contributed by atoms with Crippen molar-refractivity contribution < 1.29 is 9.84 Å². The fraction of sp³-hybridized carbons (Fsp3) is 0.400. The minimum atomic E-state index is -0.787. The van der Waals surface area contributed by atoms with Gasteiger partial charge in [-0.2, -0.15) is 5.10 Å². The minimum Gasteiger partial charge on any atom is -0.496 e. The van der Waals surface area contributed by atoms with E-state index in [9.17, 15) is 5.11 Å². The summed E-state index contributed by atoms with van der Waals surface area (Å²) in [5.41, 5.74) is 2.57. The van der Waals surface area contributed by atoms with E-state index < -0.39 is 6.10 Å². The van der Waals surface area contributed by atoms with Gasteiger partial charge in [-0.25, -0.2) is 0 Å². The average molecular weight is 339 g/mol. The first-order valence-corrected chi connectivity index (χ1v) is 7.30. The van der Waals surface area contributed by atoms with Gasteiger partial charge in [-0.1, -0.05) is 12.1 Å². The van der Waals surface area contributed by atoms with Crippen LogP contribution < -0.4 is 4.74 Å². The fourth-order valence-electron chi connectivity index (χ4n) is 2.21. The molecule has 1 unspecified atom stereocenters. The van der Waals surface area contributed by atoms with E-state index >= 15 is 0 Å². The maximum Gasteiger partial charge on any atom is 0.125 e. The monoisotopic (exact) mass is 338 g/mol. The largest absolute Gasteiger partial charge is 0.496 e. The van der Waals surface area contributed by atoms with E-state index in [0.29, 0.717) is 5.75 Å². The number of aryl methyl sites for hydroxylation is 1. The summed E-state index contributed by atoms with van der Waals surface area (Å²) in [4.78, 5) is 0. The Balaban J connectivity index is 2.51. The molecule has 5 heteroatoms. The Labute approximate surface area is 127 Å². The van der Waals surface area contributed by atoms with Gasteiger partial charge in [0.25, 0.3) is 0 Å². The van der Waals surface area contributed by atoms with E-state index in [1.54, 1.807) is 13.3 Å². The molecule has 2 aromatic rings. The number of halogens is 1. The molecule has 0 spiro atoms. The van der Waals surface area contributed by atoms with Gasteiger partial charge >= 0.3 is 0 Å². The summed E-state index contributed by atoms with van der Waals surface area (Å²) >= 11 is 3.46. The zero-order valence-electron chi connectivity index (χ0n) is 12.1. The lowest BCUT2D eigenvalue weighted by atomic mass is 10.0. The highest BCUT2D eigenvalue weighted by molar-refractivity contribution is 9.10. The van der Waals surface area contributed by atoms with Crippen LogP contribution in [0.5, 0.6) is 5.75 Å². The summed E-state index contributed by atoms with van der Waals surface area (Å²) in [5.74, 6) is 0.681. The number of aromatic nitrogens is 2. The van der Waals surface area contributed by atoms with Crippen molar-refractivity contribution in [2.75, 3.05) is 7.11 Å². The molecule has 1 aromatic heterocycles. The molecular weight excluding hydrogens is 320 g/mol. The Morgan fingerprint density at radius 3 is 2.65 bits per heavy atom. The van der Waals surface area contributed by atoms with Gasteiger partial charge in [0.05, 0.1) is 23.5 Å². The van der Waals surface area contributed by atoms with Crippen molar-refractivity contribution in [2.45, 2.75) is 32.9 Å². The number of hydrogen-bond acceptors (Lipinski definition) is 3. The van der Waals surface area contributed by atoms with Crippen LogP contribution in [-0.2, 0) is 0 Å². The molecule has 0 aliphatic heterocycles. The van der Waals surface area contributed by atoms with Crippen LogP contribution >= 0.6 is 15.9 Å². The number of nitrogens with zero attached hydrogens (tertiary/aromatic N) is 2. The summed E-state index contributed by atoms with van der Waals surface area (Å²) < 4.78 is 7.99. The van der Waals surface area contributed by atoms with Crippen molar-refractivity contribution in [3.63, 3.8) is 0 Å². The summed E-state index contributed by atoms with van der Waals surface area (Å²) in [6, 6.07) is 5.94. The molecule has 20 heavy (non-hydrogen) atoms. The van der Waals surface area contributed by atoms with Gasteiger partial charge in [0, 0.05) is 11.6 Å². The summed E-state index contributed by atoms with van der Waals surface area (Å²) in [5, 5.41) is 15.0. The Hall–Kier alpha value is -1.33. The molecule has 0 aliphatic rings. The number of methoxy groups -OCH3 is 1. The second kappa shape index (κ2) is 5.97. The second-order valence-corrected chi connectivity index (χ2v) is 5.92. The normalized spacial score (nSPS) is 12.8. The summed E-state index contributed by atoms with van der Waals surface area (Å²) in [6.07, 6.45) is 0.920. The summed E-state index contributed by atoms with van der Waals surface area (Å²) in [6.45, 7) is 6.05. The standard InChI is InChI=1S/C15H19BrN2O2/c1-9(2)18-14(12(16)8-17-18)15(19)11-6-5-10(3)7-13(11)20-4/h5-9,15,19H,1-4H3. The molecule has 1 heterocycles. The molecule has 4 nitrogen and oxygen atoms in total. The van der Waals surface area contributed by atoms with Crippen LogP contribution in [0.15, 0.2) is 28.9 Å². The average Bonchev–Trinajstić information content (AvgIpc) is 2.79. The zero-order valence-corrected chi connectivity index (χ0v) is 13.7. The Morgan fingerprint density at radius 1 is 1.35 bits per heavy atom. The predicted molar refractivity (Wildman–Crippen MR) is 82.1 cm³/mol. The third kappa shape index (κ3) is 2.74. The zero-order chi connectivity index (χ0) is 14.9. The van der Waals surface area contributed by atoms with Gasteiger partial charge in [-0.3, -0.25) is 4.68 Å². The number of aliphatic hydroxyl groups excluding tert-OH is 1. The van der Waals surface area contributed by atoms with Crippen LogP contribution in [0.3, 0.4) is 0 Å². The van der Waals surface area contributed by atoms with Crippen molar-refractivity contribution in [2.24, 2.45) is 0 Å². The highest BCUT2D eigenvalue weighted by Gasteiger charge is 2.23. The van der Waals surface area contributed by atoms with Gasteiger partial charge in [-0.05, 0) is 48.3 Å². The van der Waals surface area contributed by atoms with E-state index in [1.807, 2.05) is 43.7 Å². The number of hydrogen-bond donors (Lipinski definition) is 1. The molecule has 108 valence electrons. The first-order chi connectivity index (χ1) is 9.45. The maximum absolute atomic E-state index is 10.7. The molecule has 2 rings (SSSR count). The first-order valence-electron chi connectivity index (χ1n) is 6.51. The number of benzene rings is 1. The van der Waals surface area contributed by atoms with E-state index in [-0.39, 0.29) is 6.04 Å². The lowest BCUT2D eigenvalue weighted by Crippen LogP contribution is -2.13. The van der Waals surface area contributed by atoms with Crippen molar-refractivity contribution in [3.8, 4) is 5.75 Å². The fourth-order valence-corrected chi connectivity index (χ4v) is 2.70. The second-order valence-electron chi connectivity index (χ2n) is 5.06. The van der Waals surface area contributed by atoms with Gasteiger partial charge in [-0.15, -0.1) is 0 Å². The van der Waals surface area contributed by atoms with Crippen molar-refractivity contribution >= 4 is 15.9 Å². The molecular formula is C15H19BrN2O2. The van der Waals surface area contributed by atoms with Gasteiger partial charge in [0.2, 0.25) is 0 Å².